The normalized spacial score (nSPS) is 21.8. The molecule has 0 aromatic heterocycles. The Morgan fingerprint density at radius 3 is 2.48 bits per heavy atom. The van der Waals surface area contributed by atoms with E-state index in [1.165, 1.54) is 4.90 Å². The summed E-state index contributed by atoms with van der Waals surface area (Å²) in [4.78, 5) is 47.7. The number of nitrogens with one attached hydrogen (secondary N) is 1. The molecule has 0 bridgehead atoms. The van der Waals surface area contributed by atoms with Gasteiger partial charge in [0.15, 0.2) is 0 Å². The largest absolute Gasteiger partial charge is 0.465 e. The second-order valence-electron chi connectivity index (χ2n) is 6.79. The molecule has 25 heavy (non-hydrogen) atoms. The summed E-state index contributed by atoms with van der Waals surface area (Å²) in [5, 5.41) is 20.5. The molecule has 9 heteroatoms. The van der Waals surface area contributed by atoms with Crippen LogP contribution in [-0.2, 0) is 14.4 Å². The summed E-state index contributed by atoms with van der Waals surface area (Å²) in [6.07, 6.45) is 4.60. The van der Waals surface area contributed by atoms with Gasteiger partial charge < -0.3 is 10.0 Å². The van der Waals surface area contributed by atoms with E-state index < -0.39 is 24.0 Å². The van der Waals surface area contributed by atoms with Gasteiger partial charge in [-0.25, -0.2) is 9.86 Å². The highest BCUT2D eigenvalue weighted by atomic mass is 16.5. The van der Waals surface area contributed by atoms with E-state index in [1.807, 2.05) is 0 Å². The van der Waals surface area contributed by atoms with Crippen molar-refractivity contribution in [3.05, 3.63) is 0 Å². The van der Waals surface area contributed by atoms with E-state index >= 15 is 0 Å². The van der Waals surface area contributed by atoms with E-state index in [-0.39, 0.29) is 18.9 Å². The summed E-state index contributed by atoms with van der Waals surface area (Å²) in [6, 6.07) is -0.821. The third kappa shape index (κ3) is 5.15. The van der Waals surface area contributed by atoms with Crippen LogP contribution in [0.1, 0.15) is 44.9 Å². The monoisotopic (exact) mass is 355 g/mol. The molecule has 140 valence electrons. The molecule has 1 aliphatic carbocycles. The van der Waals surface area contributed by atoms with Crippen molar-refractivity contribution in [1.29, 1.82) is 0 Å². The van der Waals surface area contributed by atoms with Crippen LogP contribution >= 0.6 is 0 Å². The summed E-state index contributed by atoms with van der Waals surface area (Å²) >= 11 is 0. The first-order valence-electron chi connectivity index (χ1n) is 8.67. The highest BCUT2D eigenvalue weighted by molar-refractivity contribution is 5.96. The van der Waals surface area contributed by atoms with E-state index in [9.17, 15) is 24.4 Å². The molecule has 1 saturated heterocycles. The van der Waals surface area contributed by atoms with Gasteiger partial charge in [0.2, 0.25) is 12.3 Å². The predicted molar refractivity (Wildman–Crippen MR) is 85.5 cm³/mol. The van der Waals surface area contributed by atoms with Gasteiger partial charge in [-0.05, 0) is 25.2 Å². The van der Waals surface area contributed by atoms with Crippen molar-refractivity contribution >= 4 is 24.3 Å². The number of carbonyl (C=O) groups is 4. The molecule has 9 nitrogen and oxygen atoms in total. The van der Waals surface area contributed by atoms with Crippen molar-refractivity contribution in [2.45, 2.75) is 51.0 Å². The van der Waals surface area contributed by atoms with E-state index in [4.69, 9.17) is 5.11 Å². The van der Waals surface area contributed by atoms with Gasteiger partial charge in [-0.2, -0.15) is 0 Å². The Morgan fingerprint density at radius 1 is 1.20 bits per heavy atom. The zero-order valence-corrected chi connectivity index (χ0v) is 14.1. The summed E-state index contributed by atoms with van der Waals surface area (Å²) in [6.45, 7) is 0.243. The maximum atomic E-state index is 12.9. The first kappa shape index (κ1) is 19.2. The number of carboxylic acid groups (broad SMARTS) is 1. The van der Waals surface area contributed by atoms with Crippen molar-refractivity contribution in [3.63, 3.8) is 0 Å². The molecule has 3 N–H and O–H groups in total. The number of likely N-dealkylation sites (tertiary alicyclic amines) is 1. The smallest absolute Gasteiger partial charge is 0.411 e. The quantitative estimate of drug-likeness (QED) is 0.352. The van der Waals surface area contributed by atoms with Crippen molar-refractivity contribution in [3.8, 4) is 0 Å². The van der Waals surface area contributed by atoms with Crippen molar-refractivity contribution < 1.29 is 29.5 Å². The maximum Gasteiger partial charge on any atom is 0.411 e. The number of nitrogens with zero attached hydrogens (tertiary/aromatic N) is 2. The maximum absolute atomic E-state index is 12.9. The van der Waals surface area contributed by atoms with Gasteiger partial charge in [0.05, 0.1) is 12.5 Å². The minimum Gasteiger partial charge on any atom is -0.465 e. The van der Waals surface area contributed by atoms with E-state index in [1.54, 1.807) is 5.32 Å². The number of hydrogen-bond acceptors (Lipinski definition) is 5. The molecule has 0 aromatic carbocycles. The van der Waals surface area contributed by atoms with Crippen LogP contribution in [0.3, 0.4) is 0 Å². The lowest BCUT2D eigenvalue weighted by Gasteiger charge is -2.30. The summed E-state index contributed by atoms with van der Waals surface area (Å²) < 4.78 is 0. The van der Waals surface area contributed by atoms with Crippen LogP contribution in [0.15, 0.2) is 0 Å². The van der Waals surface area contributed by atoms with E-state index in [0.29, 0.717) is 36.8 Å². The Bertz CT molecular complexity index is 520. The number of rotatable bonds is 7. The number of amides is 4. The first-order valence-corrected chi connectivity index (χ1v) is 8.67. The second-order valence-corrected chi connectivity index (χ2v) is 6.79. The minimum absolute atomic E-state index is 0.122. The first-order chi connectivity index (χ1) is 11.9. The van der Waals surface area contributed by atoms with Gasteiger partial charge in [0.25, 0.3) is 5.91 Å². The predicted octanol–water partition coefficient (Wildman–Crippen LogP) is 0.816. The van der Waals surface area contributed by atoms with Gasteiger partial charge in [-0.3, -0.25) is 24.9 Å². The molecule has 1 saturated carbocycles. The Labute approximate surface area is 145 Å². The molecule has 1 heterocycles. The van der Waals surface area contributed by atoms with Gasteiger partial charge in [-0.1, -0.05) is 25.7 Å². The summed E-state index contributed by atoms with van der Waals surface area (Å²) in [5.74, 6) is -1.26. The molecule has 2 rings (SSSR count). The highest BCUT2D eigenvalue weighted by Crippen LogP contribution is 2.32. The lowest BCUT2D eigenvalue weighted by molar-refractivity contribution is -0.158. The van der Waals surface area contributed by atoms with Gasteiger partial charge >= 0.3 is 6.09 Å². The van der Waals surface area contributed by atoms with Crippen LogP contribution in [0.2, 0.25) is 0 Å². The van der Waals surface area contributed by atoms with E-state index in [2.05, 4.69) is 0 Å². The van der Waals surface area contributed by atoms with Crippen LogP contribution in [0.4, 0.5) is 4.79 Å². The van der Waals surface area contributed by atoms with Crippen LogP contribution in [0.25, 0.3) is 0 Å². The molecule has 1 aliphatic heterocycles. The molecule has 2 aliphatic rings. The van der Waals surface area contributed by atoms with Crippen molar-refractivity contribution in [1.82, 2.24) is 15.3 Å². The molecular weight excluding hydrogens is 330 g/mol. The molecule has 0 aromatic rings. The third-order valence-corrected chi connectivity index (χ3v) is 5.04. The fraction of sp³-hybridized carbons (Fsp3) is 0.750. The Morgan fingerprint density at radius 2 is 1.88 bits per heavy atom. The second kappa shape index (κ2) is 8.80. The SMILES string of the molecule is O=CN(O)C[C@@H](CC1CCCC1)C(=O)N1CCC[C@H]1C(=O)NC(=O)O. The lowest BCUT2D eigenvalue weighted by Crippen LogP contribution is -2.50. The molecule has 2 fully saturated rings. The average Bonchev–Trinajstić information content (AvgIpc) is 3.24. The topological polar surface area (TPSA) is 127 Å². The lowest BCUT2D eigenvalue weighted by atomic mass is 9.91. The van der Waals surface area contributed by atoms with Crippen LogP contribution in [-0.4, -0.2) is 63.7 Å². The Hall–Kier alpha value is -2.16. The Balaban J connectivity index is 2.08. The minimum atomic E-state index is -1.45. The highest BCUT2D eigenvalue weighted by Gasteiger charge is 2.39. The van der Waals surface area contributed by atoms with Crippen molar-refractivity contribution in [2.24, 2.45) is 11.8 Å². The summed E-state index contributed by atoms with van der Waals surface area (Å²) in [5.41, 5.74) is 0. The van der Waals surface area contributed by atoms with Gasteiger partial charge in [0.1, 0.15) is 6.04 Å². The molecule has 4 amide bonds. The fourth-order valence-electron chi connectivity index (χ4n) is 3.90. The van der Waals surface area contributed by atoms with Crippen LogP contribution in [0, 0.1) is 11.8 Å². The molecular formula is C16H25N3O6. The number of hydroxylamine groups is 2. The van der Waals surface area contributed by atoms with Gasteiger partial charge in [0, 0.05) is 6.54 Å². The zero-order chi connectivity index (χ0) is 18.4. The van der Waals surface area contributed by atoms with E-state index in [0.717, 1.165) is 25.7 Å². The summed E-state index contributed by atoms with van der Waals surface area (Å²) in [7, 11) is 0. The Kier molecular flexibility index (Phi) is 6.74. The molecule has 0 unspecified atom stereocenters. The van der Waals surface area contributed by atoms with Crippen molar-refractivity contribution in [2.75, 3.05) is 13.1 Å². The zero-order valence-electron chi connectivity index (χ0n) is 14.1. The average molecular weight is 355 g/mol. The standard InChI is InChI=1S/C16H25N3O6/c20-10-18(25)9-12(8-11-4-1-2-5-11)15(22)19-7-3-6-13(19)14(21)17-16(23)24/h10-13,25H,1-9H2,(H,17,21)(H,23,24)/t12-,13+/m1/s1. The molecule has 2 atom stereocenters. The molecule has 0 spiro atoms. The van der Waals surface area contributed by atoms with Crippen LogP contribution < -0.4 is 5.32 Å². The third-order valence-electron chi connectivity index (χ3n) is 5.04. The fourth-order valence-corrected chi connectivity index (χ4v) is 3.90. The number of hydrogen-bond donors (Lipinski definition) is 3. The number of carbonyl (C=O) groups excluding carboxylic acids is 3. The van der Waals surface area contributed by atoms with Gasteiger partial charge in [-0.15, -0.1) is 0 Å². The number of imide groups is 1. The molecule has 0 radical (unpaired) electrons. The van der Waals surface area contributed by atoms with Crippen LogP contribution in [0.5, 0.6) is 0 Å².